The second-order valence-electron chi connectivity index (χ2n) is 5.45. The summed E-state index contributed by atoms with van der Waals surface area (Å²) in [6.07, 6.45) is 10.4. The average molecular weight is 360 g/mol. The maximum atomic E-state index is 9.36. The van der Waals surface area contributed by atoms with E-state index in [4.69, 9.17) is 0 Å². The van der Waals surface area contributed by atoms with Crippen LogP contribution < -0.4 is 21.5 Å². The molecule has 0 spiro atoms. The van der Waals surface area contributed by atoms with Gasteiger partial charge in [-0.05, 0) is 12.5 Å². The van der Waals surface area contributed by atoms with E-state index in [1.54, 1.807) is 0 Å². The molecule has 1 aromatic heterocycles. The van der Waals surface area contributed by atoms with E-state index >= 15 is 0 Å². The van der Waals surface area contributed by atoms with Crippen LogP contribution >= 0.6 is 0 Å². The molecule has 0 aliphatic carbocycles. The van der Waals surface area contributed by atoms with Crippen LogP contribution in [0.4, 0.5) is 0 Å². The first-order valence-corrected chi connectivity index (χ1v) is 8.05. The average Bonchev–Trinajstić information content (AvgIpc) is 2.49. The molecule has 4 heteroatoms. The van der Waals surface area contributed by atoms with Gasteiger partial charge < -0.3 is 27.2 Å². The minimum Gasteiger partial charge on any atom is -1.00 e. The summed E-state index contributed by atoms with van der Waals surface area (Å²) in [6.45, 7) is 3.20. The molecule has 2 N–H and O–H groups in total. The first-order valence-electron chi connectivity index (χ1n) is 8.05. The number of aliphatic hydroxyl groups is 2. The molecule has 3 nitrogen and oxygen atoms in total. The number of hydrogen-bond donors (Lipinski definition) is 2. The van der Waals surface area contributed by atoms with Gasteiger partial charge in [0.05, 0.1) is 0 Å². The van der Waals surface area contributed by atoms with E-state index in [1.807, 2.05) is 18.2 Å². The fourth-order valence-corrected chi connectivity index (χ4v) is 2.60. The molecule has 1 heterocycles. The zero-order valence-electron chi connectivity index (χ0n) is 13.2. The van der Waals surface area contributed by atoms with Crippen molar-refractivity contribution in [2.24, 2.45) is 0 Å². The maximum Gasteiger partial charge on any atom is 0.207 e. The highest BCUT2D eigenvalue weighted by molar-refractivity contribution is 5.02. The van der Waals surface area contributed by atoms with Crippen molar-refractivity contribution in [1.82, 2.24) is 0 Å². The van der Waals surface area contributed by atoms with Crippen molar-refractivity contribution in [2.45, 2.75) is 78.0 Å². The molecule has 1 rings (SSSR count). The molecule has 0 unspecified atom stereocenters. The quantitative estimate of drug-likeness (QED) is 0.434. The molecule has 0 bridgehead atoms. The lowest BCUT2D eigenvalue weighted by molar-refractivity contribution is -0.715. The Hall–Kier alpha value is -0.450. The maximum absolute atomic E-state index is 9.36. The Morgan fingerprint density at radius 3 is 1.76 bits per heavy atom. The summed E-state index contributed by atoms with van der Waals surface area (Å²) in [4.78, 5) is 0. The molecular formula is C17H30BrNO2. The highest BCUT2D eigenvalue weighted by Crippen LogP contribution is 2.08. The largest absolute Gasteiger partial charge is 1.00 e. The van der Waals surface area contributed by atoms with Crippen LogP contribution in [0.5, 0.6) is 0 Å². The molecule has 0 atom stereocenters. The van der Waals surface area contributed by atoms with Crippen molar-refractivity contribution in [2.75, 3.05) is 0 Å². The topological polar surface area (TPSA) is 44.3 Å². The number of rotatable bonds is 11. The molecule has 122 valence electrons. The summed E-state index contributed by atoms with van der Waals surface area (Å²) in [5.74, 6) is 0. The van der Waals surface area contributed by atoms with Crippen LogP contribution in [0.25, 0.3) is 0 Å². The van der Waals surface area contributed by atoms with Crippen LogP contribution in [0.1, 0.15) is 69.7 Å². The van der Waals surface area contributed by atoms with Crippen molar-refractivity contribution in [3.8, 4) is 0 Å². The summed E-state index contributed by atoms with van der Waals surface area (Å²) >= 11 is 0. The minimum atomic E-state index is 0. The molecule has 0 fully saturated rings. The fraction of sp³-hybridized carbons (Fsp3) is 0.706. The predicted molar refractivity (Wildman–Crippen MR) is 81.1 cm³/mol. The standard InChI is InChI=1S/C17H30NO2.BrH/c1-2-3-4-5-6-7-8-9-13-18-16(14-19)11-10-12-17(18)15-20;/h10-12,19-20H,2-9,13-15H2,1H3;1H/q+1;/p-1. The Bertz CT molecular complexity index is 350. The number of unbranched alkanes of at least 4 members (excludes halogenated alkanes) is 7. The predicted octanol–water partition coefficient (Wildman–Crippen LogP) is 0.103. The molecule has 0 radical (unpaired) electrons. The summed E-state index contributed by atoms with van der Waals surface area (Å²) < 4.78 is 2.05. The summed E-state index contributed by atoms with van der Waals surface area (Å²) in [5, 5.41) is 18.7. The zero-order valence-corrected chi connectivity index (χ0v) is 14.8. The van der Waals surface area contributed by atoms with Crippen molar-refractivity contribution < 1.29 is 31.8 Å². The Labute approximate surface area is 139 Å². The lowest BCUT2D eigenvalue weighted by atomic mass is 10.1. The Balaban J connectivity index is 0.00000400. The van der Waals surface area contributed by atoms with E-state index in [9.17, 15) is 10.2 Å². The normalized spacial score (nSPS) is 10.4. The number of pyridine rings is 1. The Morgan fingerprint density at radius 1 is 0.810 bits per heavy atom. The van der Waals surface area contributed by atoms with E-state index in [2.05, 4.69) is 11.5 Å². The van der Waals surface area contributed by atoms with Gasteiger partial charge in [0.15, 0.2) is 0 Å². The molecular weight excluding hydrogens is 330 g/mol. The van der Waals surface area contributed by atoms with Crippen LogP contribution in [0, 0.1) is 0 Å². The summed E-state index contributed by atoms with van der Waals surface area (Å²) in [5.41, 5.74) is 1.78. The van der Waals surface area contributed by atoms with Gasteiger partial charge >= 0.3 is 0 Å². The molecule has 0 aliphatic heterocycles. The number of aromatic nitrogens is 1. The Morgan fingerprint density at radius 2 is 1.29 bits per heavy atom. The van der Waals surface area contributed by atoms with Crippen LogP contribution in [-0.2, 0) is 19.8 Å². The lowest BCUT2D eigenvalue weighted by Gasteiger charge is -2.06. The number of nitrogens with zero attached hydrogens (tertiary/aromatic N) is 1. The first-order chi connectivity index (χ1) is 9.83. The number of hydrogen-bond acceptors (Lipinski definition) is 2. The SMILES string of the molecule is CCCCCCCCCC[n+]1c(CO)cccc1CO.[Br-]. The van der Waals surface area contributed by atoms with E-state index in [-0.39, 0.29) is 30.2 Å². The second-order valence-corrected chi connectivity index (χ2v) is 5.45. The van der Waals surface area contributed by atoms with Gasteiger partial charge in [-0.15, -0.1) is 0 Å². The van der Waals surface area contributed by atoms with Crippen molar-refractivity contribution in [3.05, 3.63) is 29.6 Å². The van der Waals surface area contributed by atoms with Gasteiger partial charge in [-0.1, -0.05) is 45.4 Å². The second kappa shape index (κ2) is 13.2. The molecule has 0 aliphatic rings. The van der Waals surface area contributed by atoms with Crippen molar-refractivity contribution >= 4 is 0 Å². The Kier molecular flexibility index (Phi) is 12.9. The number of halogens is 1. The van der Waals surface area contributed by atoms with Crippen LogP contribution in [0.15, 0.2) is 18.2 Å². The van der Waals surface area contributed by atoms with Crippen molar-refractivity contribution in [1.29, 1.82) is 0 Å². The molecule has 21 heavy (non-hydrogen) atoms. The van der Waals surface area contributed by atoms with Gasteiger partial charge in [-0.3, -0.25) is 0 Å². The molecule has 0 amide bonds. The number of aliphatic hydroxyl groups excluding tert-OH is 2. The zero-order chi connectivity index (χ0) is 14.6. The summed E-state index contributed by atoms with van der Waals surface area (Å²) in [7, 11) is 0. The van der Waals surface area contributed by atoms with Crippen LogP contribution in [-0.4, -0.2) is 10.2 Å². The minimum absolute atomic E-state index is 0. The van der Waals surface area contributed by atoms with Crippen molar-refractivity contribution in [3.63, 3.8) is 0 Å². The van der Waals surface area contributed by atoms with Gasteiger partial charge in [0, 0.05) is 18.6 Å². The van der Waals surface area contributed by atoms with E-state index in [0.717, 1.165) is 24.4 Å². The molecule has 0 saturated carbocycles. The van der Waals surface area contributed by atoms with E-state index < -0.39 is 0 Å². The third-order valence-corrected chi connectivity index (χ3v) is 3.83. The smallest absolute Gasteiger partial charge is 0.207 e. The van der Waals surface area contributed by atoms with Gasteiger partial charge in [-0.2, -0.15) is 4.57 Å². The van der Waals surface area contributed by atoms with Gasteiger partial charge in [0.25, 0.3) is 0 Å². The van der Waals surface area contributed by atoms with Crippen LogP contribution in [0.3, 0.4) is 0 Å². The molecule has 0 saturated heterocycles. The van der Waals surface area contributed by atoms with E-state index in [1.165, 1.54) is 44.9 Å². The first kappa shape index (κ1) is 20.6. The third-order valence-electron chi connectivity index (χ3n) is 3.83. The van der Waals surface area contributed by atoms with Gasteiger partial charge in [-0.25, -0.2) is 0 Å². The lowest BCUT2D eigenvalue weighted by Crippen LogP contribution is -3.00. The summed E-state index contributed by atoms with van der Waals surface area (Å²) in [6, 6.07) is 5.73. The van der Waals surface area contributed by atoms with Crippen LogP contribution in [0.2, 0.25) is 0 Å². The third kappa shape index (κ3) is 7.93. The molecule has 0 aromatic carbocycles. The highest BCUT2D eigenvalue weighted by atomic mass is 79.9. The molecule has 1 aromatic rings. The van der Waals surface area contributed by atoms with Gasteiger partial charge in [0.1, 0.15) is 19.8 Å². The fourth-order valence-electron chi connectivity index (χ4n) is 2.60. The highest BCUT2D eigenvalue weighted by Gasteiger charge is 2.14. The van der Waals surface area contributed by atoms with Gasteiger partial charge in [0.2, 0.25) is 11.4 Å². The van der Waals surface area contributed by atoms with E-state index in [0.29, 0.717) is 0 Å². The monoisotopic (exact) mass is 359 g/mol.